The Labute approximate surface area is 134 Å². The highest BCUT2D eigenvalue weighted by atomic mass is 32.2. The van der Waals surface area contributed by atoms with Crippen molar-refractivity contribution in [2.75, 3.05) is 45.0 Å². The first-order valence-corrected chi connectivity index (χ1v) is 9.69. The fourth-order valence-electron chi connectivity index (χ4n) is 2.83. The van der Waals surface area contributed by atoms with Crippen molar-refractivity contribution in [3.05, 3.63) is 35.9 Å². The molecule has 1 aliphatic rings. The van der Waals surface area contributed by atoms with Crippen molar-refractivity contribution >= 4 is 10.0 Å². The third-order valence-electron chi connectivity index (χ3n) is 4.36. The molecule has 6 heteroatoms. The third kappa shape index (κ3) is 4.78. The van der Waals surface area contributed by atoms with Crippen LogP contribution in [0.4, 0.5) is 0 Å². The summed E-state index contributed by atoms with van der Waals surface area (Å²) in [6.45, 7) is 9.39. The van der Waals surface area contributed by atoms with Gasteiger partial charge in [0.2, 0.25) is 10.0 Å². The topological polar surface area (TPSA) is 52.6 Å². The van der Waals surface area contributed by atoms with Gasteiger partial charge < -0.3 is 4.90 Å². The minimum absolute atomic E-state index is 0.0986. The molecule has 124 valence electrons. The molecule has 0 amide bonds. The Morgan fingerprint density at radius 2 is 1.73 bits per heavy atom. The zero-order valence-corrected chi connectivity index (χ0v) is 14.3. The number of rotatable bonds is 7. The van der Waals surface area contributed by atoms with E-state index in [0.29, 0.717) is 6.54 Å². The molecule has 1 N–H and O–H groups in total. The van der Waals surface area contributed by atoms with Crippen LogP contribution in [0.25, 0.3) is 0 Å². The molecule has 1 fully saturated rings. The molecule has 1 saturated heterocycles. The van der Waals surface area contributed by atoms with Gasteiger partial charge in [-0.25, -0.2) is 13.1 Å². The fourth-order valence-corrected chi connectivity index (χ4v) is 3.45. The highest BCUT2D eigenvalue weighted by Gasteiger charge is 2.25. The molecule has 1 aliphatic heterocycles. The standard InChI is InChI=1S/C16H27N3O2S/c1-3-18-10-12-19(13-11-18)16(14-17-22(20,21)4-2)15-8-6-5-7-9-15/h5-9,16-17H,3-4,10-14H2,1-2H3. The minimum Gasteiger partial charge on any atom is -0.301 e. The van der Waals surface area contributed by atoms with Gasteiger partial charge >= 0.3 is 0 Å². The smallest absolute Gasteiger partial charge is 0.211 e. The van der Waals surface area contributed by atoms with Gasteiger partial charge in [-0.3, -0.25) is 4.90 Å². The number of nitrogens with one attached hydrogen (secondary N) is 1. The van der Waals surface area contributed by atoms with Crippen LogP contribution in [0.2, 0.25) is 0 Å². The van der Waals surface area contributed by atoms with E-state index >= 15 is 0 Å². The van der Waals surface area contributed by atoms with Gasteiger partial charge in [0.15, 0.2) is 0 Å². The van der Waals surface area contributed by atoms with E-state index < -0.39 is 10.0 Å². The predicted molar refractivity (Wildman–Crippen MR) is 90.3 cm³/mol. The Hall–Kier alpha value is -0.950. The van der Waals surface area contributed by atoms with Gasteiger partial charge in [0.1, 0.15) is 0 Å². The quantitative estimate of drug-likeness (QED) is 0.821. The minimum atomic E-state index is -3.16. The molecular formula is C16H27N3O2S. The molecule has 0 bridgehead atoms. The lowest BCUT2D eigenvalue weighted by Gasteiger charge is -2.39. The van der Waals surface area contributed by atoms with Crippen molar-refractivity contribution in [2.24, 2.45) is 0 Å². The summed E-state index contributed by atoms with van der Waals surface area (Å²) in [5.41, 5.74) is 1.17. The molecule has 0 saturated carbocycles. The van der Waals surface area contributed by atoms with Gasteiger partial charge in [0, 0.05) is 38.8 Å². The second kappa shape index (κ2) is 8.06. The van der Waals surface area contributed by atoms with Gasteiger partial charge in [-0.15, -0.1) is 0 Å². The normalized spacial score (nSPS) is 19.2. The second-order valence-corrected chi connectivity index (χ2v) is 7.74. The molecule has 22 heavy (non-hydrogen) atoms. The van der Waals surface area contributed by atoms with Crippen LogP contribution >= 0.6 is 0 Å². The summed E-state index contributed by atoms with van der Waals surface area (Å²) in [5.74, 6) is 0.123. The highest BCUT2D eigenvalue weighted by Crippen LogP contribution is 2.21. The maximum absolute atomic E-state index is 11.8. The summed E-state index contributed by atoms with van der Waals surface area (Å²) in [7, 11) is -3.16. The van der Waals surface area contributed by atoms with Crippen LogP contribution < -0.4 is 4.72 Å². The molecule has 5 nitrogen and oxygen atoms in total. The largest absolute Gasteiger partial charge is 0.301 e. The Balaban J connectivity index is 2.09. The number of piperazine rings is 1. The Morgan fingerprint density at radius 1 is 1.09 bits per heavy atom. The van der Waals surface area contributed by atoms with E-state index in [4.69, 9.17) is 0 Å². The van der Waals surface area contributed by atoms with Crippen LogP contribution in [0.15, 0.2) is 30.3 Å². The lowest BCUT2D eigenvalue weighted by atomic mass is 10.0. The van der Waals surface area contributed by atoms with Crippen molar-refractivity contribution in [3.63, 3.8) is 0 Å². The molecule has 0 aliphatic carbocycles. The molecule has 0 radical (unpaired) electrons. The fraction of sp³-hybridized carbons (Fsp3) is 0.625. The SMILES string of the molecule is CCN1CCN(C(CNS(=O)(=O)CC)c2ccccc2)CC1. The number of nitrogens with zero attached hydrogens (tertiary/aromatic N) is 2. The summed E-state index contributed by atoms with van der Waals surface area (Å²) in [4.78, 5) is 4.81. The molecule has 1 aromatic carbocycles. The van der Waals surface area contributed by atoms with E-state index in [9.17, 15) is 8.42 Å². The summed E-state index contributed by atoms with van der Waals surface area (Å²) in [6.07, 6.45) is 0. The number of hydrogen-bond donors (Lipinski definition) is 1. The lowest BCUT2D eigenvalue weighted by molar-refractivity contribution is 0.100. The van der Waals surface area contributed by atoms with Crippen molar-refractivity contribution in [1.82, 2.24) is 14.5 Å². The molecule has 2 rings (SSSR count). The number of hydrogen-bond acceptors (Lipinski definition) is 4. The molecule has 1 aromatic rings. The van der Waals surface area contributed by atoms with E-state index in [1.54, 1.807) is 6.92 Å². The van der Waals surface area contributed by atoms with Gasteiger partial charge in [-0.1, -0.05) is 37.3 Å². The van der Waals surface area contributed by atoms with Crippen LogP contribution in [0.3, 0.4) is 0 Å². The monoisotopic (exact) mass is 325 g/mol. The summed E-state index contributed by atoms with van der Waals surface area (Å²) in [6, 6.07) is 10.3. The molecular weight excluding hydrogens is 298 g/mol. The van der Waals surface area contributed by atoms with Gasteiger partial charge in [-0.05, 0) is 19.0 Å². The highest BCUT2D eigenvalue weighted by molar-refractivity contribution is 7.89. The van der Waals surface area contributed by atoms with E-state index in [0.717, 1.165) is 32.7 Å². The summed E-state index contributed by atoms with van der Waals surface area (Å²) < 4.78 is 26.3. The Morgan fingerprint density at radius 3 is 2.27 bits per heavy atom. The van der Waals surface area contributed by atoms with Crippen LogP contribution in [0.5, 0.6) is 0 Å². The van der Waals surface area contributed by atoms with Crippen molar-refractivity contribution in [2.45, 2.75) is 19.9 Å². The molecule has 1 unspecified atom stereocenters. The van der Waals surface area contributed by atoms with Gasteiger partial charge in [-0.2, -0.15) is 0 Å². The summed E-state index contributed by atoms with van der Waals surface area (Å²) in [5, 5.41) is 0. The van der Waals surface area contributed by atoms with E-state index in [2.05, 4.69) is 33.6 Å². The van der Waals surface area contributed by atoms with Gasteiger partial charge in [0.05, 0.1) is 5.75 Å². The maximum atomic E-state index is 11.8. The van der Waals surface area contributed by atoms with Crippen LogP contribution in [-0.2, 0) is 10.0 Å². The van der Waals surface area contributed by atoms with Gasteiger partial charge in [0.25, 0.3) is 0 Å². The van der Waals surface area contributed by atoms with Crippen molar-refractivity contribution in [1.29, 1.82) is 0 Å². The lowest BCUT2D eigenvalue weighted by Crippen LogP contribution is -2.49. The van der Waals surface area contributed by atoms with E-state index in [-0.39, 0.29) is 11.8 Å². The predicted octanol–water partition coefficient (Wildman–Crippen LogP) is 1.30. The number of likely N-dealkylation sites (N-methyl/N-ethyl adjacent to an activating group) is 1. The number of benzene rings is 1. The third-order valence-corrected chi connectivity index (χ3v) is 5.72. The van der Waals surface area contributed by atoms with Crippen LogP contribution in [-0.4, -0.2) is 63.2 Å². The average molecular weight is 325 g/mol. The first kappa shape index (κ1) is 17.4. The second-order valence-electron chi connectivity index (χ2n) is 5.65. The maximum Gasteiger partial charge on any atom is 0.211 e. The van der Waals surface area contributed by atoms with Crippen LogP contribution in [0.1, 0.15) is 25.5 Å². The van der Waals surface area contributed by atoms with Crippen LogP contribution in [0, 0.1) is 0 Å². The zero-order chi connectivity index (χ0) is 16.0. The Kier molecular flexibility index (Phi) is 6.37. The first-order valence-electron chi connectivity index (χ1n) is 8.04. The van der Waals surface area contributed by atoms with Crippen molar-refractivity contribution < 1.29 is 8.42 Å². The number of sulfonamides is 1. The Bertz CT molecular complexity index is 540. The molecule has 1 heterocycles. The molecule has 0 aromatic heterocycles. The summed E-state index contributed by atoms with van der Waals surface area (Å²) >= 11 is 0. The van der Waals surface area contributed by atoms with E-state index in [1.807, 2.05) is 18.2 Å². The molecule has 1 atom stereocenters. The molecule has 0 spiro atoms. The van der Waals surface area contributed by atoms with Crippen molar-refractivity contribution in [3.8, 4) is 0 Å². The average Bonchev–Trinajstić information content (AvgIpc) is 2.56. The van der Waals surface area contributed by atoms with E-state index in [1.165, 1.54) is 5.56 Å². The zero-order valence-electron chi connectivity index (χ0n) is 13.5. The first-order chi connectivity index (χ1) is 10.6.